The normalized spacial score (nSPS) is 11.8. The molecule has 7 heteroatoms. The van der Waals surface area contributed by atoms with Gasteiger partial charge in [0.25, 0.3) is 5.91 Å². The molecule has 134 valence electrons. The lowest BCUT2D eigenvalue weighted by Gasteiger charge is -2.21. The molecule has 2 aromatic carbocycles. The third-order valence-corrected chi connectivity index (χ3v) is 4.67. The summed E-state index contributed by atoms with van der Waals surface area (Å²) >= 11 is 3.24. The number of para-hydroxylation sites is 1. The van der Waals surface area contributed by atoms with Crippen LogP contribution in [0.15, 0.2) is 59.3 Å². The summed E-state index contributed by atoms with van der Waals surface area (Å²) in [6, 6.07) is 10.8. The van der Waals surface area contributed by atoms with Gasteiger partial charge < -0.3 is 14.6 Å². The van der Waals surface area contributed by atoms with Crippen molar-refractivity contribution in [2.45, 2.75) is 6.04 Å². The first kappa shape index (κ1) is 18.1. The summed E-state index contributed by atoms with van der Waals surface area (Å²) in [7, 11) is 3.43. The van der Waals surface area contributed by atoms with Gasteiger partial charge in [-0.15, -0.1) is 0 Å². The number of halogens is 2. The summed E-state index contributed by atoms with van der Waals surface area (Å²) in [5, 5.41) is 2.97. The van der Waals surface area contributed by atoms with Gasteiger partial charge in [0.15, 0.2) is 0 Å². The maximum absolute atomic E-state index is 13.3. The van der Waals surface area contributed by atoms with Crippen molar-refractivity contribution >= 4 is 21.8 Å². The van der Waals surface area contributed by atoms with Crippen LogP contribution in [0.1, 0.15) is 27.8 Å². The maximum Gasteiger partial charge on any atom is 0.253 e. The van der Waals surface area contributed by atoms with Crippen molar-refractivity contribution in [3.05, 3.63) is 82.1 Å². The number of imidazole rings is 1. The monoisotopic (exact) mass is 417 g/mol. The first-order valence-corrected chi connectivity index (χ1v) is 8.66. The number of nitrogens with zero attached hydrogens (tertiary/aromatic N) is 2. The zero-order valence-electron chi connectivity index (χ0n) is 14.2. The quantitative estimate of drug-likeness (QED) is 0.685. The number of methoxy groups -OCH3 is 1. The van der Waals surface area contributed by atoms with Gasteiger partial charge in [0.1, 0.15) is 23.4 Å². The summed E-state index contributed by atoms with van der Waals surface area (Å²) in [5.74, 6) is 0.523. The van der Waals surface area contributed by atoms with Gasteiger partial charge in [0, 0.05) is 29.5 Å². The van der Waals surface area contributed by atoms with E-state index in [1.165, 1.54) is 18.2 Å². The van der Waals surface area contributed by atoms with E-state index < -0.39 is 11.9 Å². The molecule has 0 saturated carbocycles. The molecule has 0 fully saturated rings. The minimum absolute atomic E-state index is 0.334. The predicted octanol–water partition coefficient (Wildman–Crippen LogP) is 3.85. The summed E-state index contributed by atoms with van der Waals surface area (Å²) in [5.41, 5.74) is 1.11. The van der Waals surface area contributed by atoms with Gasteiger partial charge in [-0.25, -0.2) is 9.37 Å². The average Bonchev–Trinajstić information content (AvgIpc) is 3.05. The van der Waals surface area contributed by atoms with Crippen LogP contribution in [0.4, 0.5) is 4.39 Å². The van der Waals surface area contributed by atoms with Gasteiger partial charge in [-0.3, -0.25) is 4.79 Å². The van der Waals surface area contributed by atoms with E-state index in [1.54, 1.807) is 19.5 Å². The number of hydrogen-bond acceptors (Lipinski definition) is 3. The van der Waals surface area contributed by atoms with E-state index in [0.717, 1.165) is 5.56 Å². The summed E-state index contributed by atoms with van der Waals surface area (Å²) in [6.07, 6.45) is 3.47. The molecular formula is C19H17BrFN3O2. The summed E-state index contributed by atoms with van der Waals surface area (Å²) < 4.78 is 21.0. The van der Waals surface area contributed by atoms with Crippen LogP contribution in [0.2, 0.25) is 0 Å². The van der Waals surface area contributed by atoms with Crippen molar-refractivity contribution in [1.29, 1.82) is 0 Å². The van der Waals surface area contributed by atoms with Crippen LogP contribution in [0.3, 0.4) is 0 Å². The molecule has 0 aliphatic rings. The number of hydrogen-bond donors (Lipinski definition) is 1. The smallest absolute Gasteiger partial charge is 0.253 e. The lowest BCUT2D eigenvalue weighted by atomic mass is 10.0. The molecule has 0 bridgehead atoms. The Morgan fingerprint density at radius 1 is 1.31 bits per heavy atom. The summed E-state index contributed by atoms with van der Waals surface area (Å²) in [4.78, 5) is 17.2. The molecule has 0 spiro atoms. The SMILES string of the molecule is COc1ccccc1C(NC(=O)c1ccc(F)cc1Br)c1nccn1C. The molecule has 1 unspecified atom stereocenters. The molecule has 0 radical (unpaired) electrons. The second-order valence-electron chi connectivity index (χ2n) is 5.67. The van der Waals surface area contributed by atoms with Crippen LogP contribution in [0, 0.1) is 5.82 Å². The molecule has 1 N–H and O–H groups in total. The van der Waals surface area contributed by atoms with Crippen LogP contribution in [-0.4, -0.2) is 22.6 Å². The zero-order valence-corrected chi connectivity index (χ0v) is 15.8. The summed E-state index contributed by atoms with van der Waals surface area (Å²) in [6.45, 7) is 0. The van der Waals surface area contributed by atoms with Gasteiger partial charge in [0.05, 0.1) is 12.7 Å². The Kier molecular flexibility index (Phi) is 5.37. The second-order valence-corrected chi connectivity index (χ2v) is 6.52. The fourth-order valence-electron chi connectivity index (χ4n) is 2.72. The molecule has 3 aromatic rings. The number of carbonyl (C=O) groups excluding carboxylic acids is 1. The van der Waals surface area contributed by atoms with Crippen LogP contribution >= 0.6 is 15.9 Å². The van der Waals surface area contributed by atoms with Gasteiger partial charge >= 0.3 is 0 Å². The fourth-order valence-corrected chi connectivity index (χ4v) is 3.25. The van der Waals surface area contributed by atoms with Crippen molar-refractivity contribution in [1.82, 2.24) is 14.9 Å². The van der Waals surface area contributed by atoms with Crippen molar-refractivity contribution in [2.75, 3.05) is 7.11 Å². The molecule has 1 amide bonds. The number of benzene rings is 2. The molecule has 1 aromatic heterocycles. The van der Waals surface area contributed by atoms with Gasteiger partial charge in [0.2, 0.25) is 0 Å². The third-order valence-electron chi connectivity index (χ3n) is 4.02. The highest BCUT2D eigenvalue weighted by Gasteiger charge is 2.25. The number of nitrogens with one attached hydrogen (secondary N) is 1. The molecule has 0 aliphatic heterocycles. The molecule has 5 nitrogen and oxygen atoms in total. The first-order valence-electron chi connectivity index (χ1n) is 7.87. The standard InChI is InChI=1S/C19H17BrFN3O2/c1-24-10-9-22-18(24)17(14-5-3-4-6-16(14)26-2)23-19(25)13-8-7-12(21)11-15(13)20/h3-11,17H,1-2H3,(H,23,25). The van der Waals surface area contributed by atoms with Crippen LogP contribution in [0.25, 0.3) is 0 Å². The minimum Gasteiger partial charge on any atom is -0.496 e. The topological polar surface area (TPSA) is 56.1 Å². The van der Waals surface area contributed by atoms with E-state index in [2.05, 4.69) is 26.2 Å². The van der Waals surface area contributed by atoms with Crippen LogP contribution in [0.5, 0.6) is 5.75 Å². The molecule has 3 rings (SSSR count). The first-order chi connectivity index (χ1) is 12.5. The largest absolute Gasteiger partial charge is 0.496 e. The fraction of sp³-hybridized carbons (Fsp3) is 0.158. The lowest BCUT2D eigenvalue weighted by molar-refractivity contribution is 0.0940. The van der Waals surface area contributed by atoms with Crippen molar-refractivity contribution < 1.29 is 13.9 Å². The molecule has 0 saturated heterocycles. The molecular weight excluding hydrogens is 401 g/mol. The number of amides is 1. The Balaban J connectivity index is 2.02. The molecule has 26 heavy (non-hydrogen) atoms. The average molecular weight is 418 g/mol. The minimum atomic E-state index is -0.532. The highest BCUT2D eigenvalue weighted by atomic mass is 79.9. The van der Waals surface area contributed by atoms with E-state index in [0.29, 0.717) is 21.6 Å². The molecule has 1 heterocycles. The highest BCUT2D eigenvalue weighted by molar-refractivity contribution is 9.10. The zero-order chi connectivity index (χ0) is 18.7. The highest BCUT2D eigenvalue weighted by Crippen LogP contribution is 2.30. The van der Waals surface area contributed by atoms with Crippen LogP contribution < -0.4 is 10.1 Å². The van der Waals surface area contributed by atoms with Crippen molar-refractivity contribution in [3.63, 3.8) is 0 Å². The van der Waals surface area contributed by atoms with Gasteiger partial charge in [-0.2, -0.15) is 0 Å². The van der Waals surface area contributed by atoms with E-state index in [1.807, 2.05) is 35.9 Å². The Bertz CT molecular complexity index is 942. The van der Waals surface area contributed by atoms with Crippen molar-refractivity contribution in [3.8, 4) is 5.75 Å². The number of ether oxygens (including phenoxy) is 1. The Morgan fingerprint density at radius 2 is 2.08 bits per heavy atom. The van der Waals surface area contributed by atoms with Crippen LogP contribution in [-0.2, 0) is 7.05 Å². The third kappa shape index (κ3) is 3.62. The van der Waals surface area contributed by atoms with E-state index >= 15 is 0 Å². The second kappa shape index (κ2) is 7.70. The Hall–Kier alpha value is -2.67. The number of aryl methyl sites for hydroxylation is 1. The Morgan fingerprint density at radius 3 is 2.73 bits per heavy atom. The van der Waals surface area contributed by atoms with E-state index in [4.69, 9.17) is 4.74 Å². The van der Waals surface area contributed by atoms with Crippen molar-refractivity contribution in [2.24, 2.45) is 7.05 Å². The Labute approximate surface area is 159 Å². The van der Waals surface area contributed by atoms with E-state index in [-0.39, 0.29) is 5.91 Å². The number of aromatic nitrogens is 2. The molecule has 1 atom stereocenters. The van der Waals surface area contributed by atoms with Gasteiger partial charge in [-0.05, 0) is 40.2 Å². The lowest BCUT2D eigenvalue weighted by Crippen LogP contribution is -2.31. The maximum atomic E-state index is 13.3. The number of rotatable bonds is 5. The predicted molar refractivity (Wildman–Crippen MR) is 99.6 cm³/mol. The van der Waals surface area contributed by atoms with E-state index in [9.17, 15) is 9.18 Å². The van der Waals surface area contributed by atoms with Gasteiger partial charge in [-0.1, -0.05) is 18.2 Å². The number of carbonyl (C=O) groups is 1. The molecule has 0 aliphatic carbocycles.